The van der Waals surface area contributed by atoms with Gasteiger partial charge in [-0.15, -0.1) is 10.2 Å². The number of hydrogen-bond acceptors (Lipinski definition) is 6. The van der Waals surface area contributed by atoms with Crippen LogP contribution in [0.4, 0.5) is 5.69 Å². The Bertz CT molecular complexity index is 1790. The smallest absolute Gasteiger partial charge is 0.253 e. The Balaban J connectivity index is 1.29. The highest BCUT2D eigenvalue weighted by molar-refractivity contribution is 7.99. The Kier molecular flexibility index (Phi) is 9.99. The van der Waals surface area contributed by atoms with E-state index in [1.165, 1.54) is 11.8 Å². The van der Waals surface area contributed by atoms with Crippen LogP contribution in [0, 0.1) is 13.8 Å². The molecular weight excluding hydrogens is 594 g/mol. The third-order valence-electron chi connectivity index (χ3n) is 6.99. The Hall–Kier alpha value is -4.60. The summed E-state index contributed by atoms with van der Waals surface area (Å²) in [5.74, 6) is 0.888. The van der Waals surface area contributed by atoms with Crippen molar-refractivity contribution in [3.63, 3.8) is 0 Å². The number of thioether (sulfide) groups is 1. The monoisotopic (exact) mass is 625 g/mol. The first-order chi connectivity index (χ1) is 21.3. The average molecular weight is 626 g/mol. The molecule has 0 atom stereocenters. The van der Waals surface area contributed by atoms with Crippen molar-refractivity contribution in [2.75, 3.05) is 24.7 Å². The Morgan fingerprint density at radius 1 is 0.932 bits per heavy atom. The second-order valence-corrected chi connectivity index (χ2v) is 11.5. The number of benzene rings is 4. The van der Waals surface area contributed by atoms with Crippen LogP contribution in [0.2, 0.25) is 5.02 Å². The maximum Gasteiger partial charge on any atom is 0.253 e. The normalized spacial score (nSPS) is 10.8. The number of carbonyl (C=O) groups excluding carboxylic acids is 2. The van der Waals surface area contributed by atoms with E-state index in [1.807, 2.05) is 79.1 Å². The van der Waals surface area contributed by atoms with E-state index in [-0.39, 0.29) is 17.6 Å². The van der Waals surface area contributed by atoms with Gasteiger partial charge in [0, 0.05) is 12.1 Å². The fourth-order valence-electron chi connectivity index (χ4n) is 4.67. The molecule has 0 fully saturated rings. The Morgan fingerprint density at radius 3 is 2.45 bits per heavy atom. The quantitative estimate of drug-likeness (QED) is 0.155. The summed E-state index contributed by atoms with van der Waals surface area (Å²) in [5.41, 5.74) is 5.67. The van der Waals surface area contributed by atoms with Gasteiger partial charge in [-0.05, 0) is 79.4 Å². The summed E-state index contributed by atoms with van der Waals surface area (Å²) in [4.78, 5) is 26.2. The van der Waals surface area contributed by atoms with Crippen LogP contribution in [0.15, 0.2) is 96.2 Å². The molecular formula is C34H32ClN5O3S. The van der Waals surface area contributed by atoms with Crippen molar-refractivity contribution in [3.8, 4) is 22.8 Å². The molecule has 0 saturated heterocycles. The highest BCUT2D eigenvalue weighted by atomic mass is 35.5. The van der Waals surface area contributed by atoms with Crippen molar-refractivity contribution < 1.29 is 14.3 Å². The maximum atomic E-state index is 13.2. The minimum absolute atomic E-state index is 0.0545. The van der Waals surface area contributed by atoms with Crippen LogP contribution in [0.5, 0.6) is 5.75 Å². The summed E-state index contributed by atoms with van der Waals surface area (Å²) in [6, 6.07) is 28.3. The second kappa shape index (κ2) is 14.2. The third-order valence-corrected chi connectivity index (χ3v) is 8.25. The number of methoxy groups -OCH3 is 1. The summed E-state index contributed by atoms with van der Waals surface area (Å²) in [6.07, 6.45) is 0.665. The molecule has 0 aliphatic rings. The molecule has 0 saturated carbocycles. The van der Waals surface area contributed by atoms with E-state index in [0.717, 1.165) is 33.7 Å². The van der Waals surface area contributed by atoms with Crippen molar-refractivity contribution >= 4 is 40.9 Å². The zero-order chi connectivity index (χ0) is 31.1. The lowest BCUT2D eigenvalue weighted by Crippen LogP contribution is -2.27. The first-order valence-corrected chi connectivity index (χ1v) is 15.4. The third kappa shape index (κ3) is 7.30. The molecule has 5 rings (SSSR count). The lowest BCUT2D eigenvalue weighted by atomic mass is 10.1. The molecule has 2 amide bonds. The van der Waals surface area contributed by atoms with Gasteiger partial charge in [0.25, 0.3) is 5.91 Å². The van der Waals surface area contributed by atoms with Gasteiger partial charge in [-0.1, -0.05) is 71.9 Å². The molecule has 1 aromatic heterocycles. The molecule has 8 nitrogen and oxygen atoms in total. The second-order valence-electron chi connectivity index (χ2n) is 10.1. The summed E-state index contributed by atoms with van der Waals surface area (Å²) in [7, 11) is 1.63. The van der Waals surface area contributed by atoms with E-state index in [1.54, 1.807) is 31.4 Å². The van der Waals surface area contributed by atoms with Gasteiger partial charge in [0.05, 0.1) is 34.8 Å². The number of aryl methyl sites for hydroxylation is 2. The summed E-state index contributed by atoms with van der Waals surface area (Å²) in [5, 5.41) is 15.9. The standard InChI is InChI=1S/C34H32ClN5O3S/c1-22-12-13-23(2)30(20-22)40-32(26-8-4-6-10-28(26)35)38-39-34(40)44-21-31(41)37-29-11-7-5-9-27(29)33(42)36-19-18-24-14-16-25(43-3)17-15-24/h4-17,20H,18-19,21H2,1-3H3,(H,36,42)(H,37,41). The highest BCUT2D eigenvalue weighted by Gasteiger charge is 2.21. The summed E-state index contributed by atoms with van der Waals surface area (Å²) in [6.45, 7) is 4.49. The molecule has 0 aliphatic heterocycles. The van der Waals surface area contributed by atoms with Gasteiger partial charge >= 0.3 is 0 Å². The van der Waals surface area contributed by atoms with Gasteiger partial charge in [-0.2, -0.15) is 0 Å². The molecule has 0 aliphatic carbocycles. The lowest BCUT2D eigenvalue weighted by Gasteiger charge is -2.15. The fourth-order valence-corrected chi connectivity index (χ4v) is 5.64. The molecule has 5 aromatic rings. The van der Waals surface area contributed by atoms with Crippen LogP contribution in [-0.4, -0.2) is 46.0 Å². The molecule has 0 bridgehead atoms. The van der Waals surface area contributed by atoms with Crippen molar-refractivity contribution in [3.05, 3.63) is 118 Å². The first kappa shape index (κ1) is 30.8. The van der Waals surface area contributed by atoms with Crippen LogP contribution >= 0.6 is 23.4 Å². The molecule has 224 valence electrons. The largest absolute Gasteiger partial charge is 0.497 e. The van der Waals surface area contributed by atoms with Crippen LogP contribution < -0.4 is 15.4 Å². The molecule has 0 unspecified atom stereocenters. The molecule has 0 radical (unpaired) electrons. The number of ether oxygens (including phenoxy) is 1. The van der Waals surface area contributed by atoms with Gasteiger partial charge in [0.15, 0.2) is 11.0 Å². The highest BCUT2D eigenvalue weighted by Crippen LogP contribution is 2.33. The van der Waals surface area contributed by atoms with E-state index in [9.17, 15) is 9.59 Å². The van der Waals surface area contributed by atoms with Crippen LogP contribution in [0.1, 0.15) is 27.0 Å². The van der Waals surface area contributed by atoms with Crippen LogP contribution in [0.25, 0.3) is 17.1 Å². The van der Waals surface area contributed by atoms with Crippen molar-refractivity contribution in [2.45, 2.75) is 25.4 Å². The predicted molar refractivity (Wildman–Crippen MR) is 176 cm³/mol. The van der Waals surface area contributed by atoms with E-state index in [4.69, 9.17) is 16.3 Å². The van der Waals surface area contributed by atoms with E-state index in [2.05, 4.69) is 26.9 Å². The number of hydrogen-bond donors (Lipinski definition) is 2. The topological polar surface area (TPSA) is 98.1 Å². The number of halogens is 1. The number of anilines is 1. The molecule has 10 heteroatoms. The molecule has 4 aromatic carbocycles. The summed E-state index contributed by atoms with van der Waals surface area (Å²) < 4.78 is 7.13. The van der Waals surface area contributed by atoms with Crippen LogP contribution in [0.3, 0.4) is 0 Å². The van der Waals surface area contributed by atoms with Crippen molar-refractivity contribution in [1.82, 2.24) is 20.1 Å². The van der Waals surface area contributed by atoms with Gasteiger partial charge in [0.1, 0.15) is 5.75 Å². The van der Waals surface area contributed by atoms with E-state index < -0.39 is 0 Å². The maximum absolute atomic E-state index is 13.2. The van der Waals surface area contributed by atoms with E-state index in [0.29, 0.717) is 40.2 Å². The Labute approximate surface area is 265 Å². The molecule has 0 spiro atoms. The Morgan fingerprint density at radius 2 is 1.68 bits per heavy atom. The first-order valence-electron chi connectivity index (χ1n) is 14.0. The fraction of sp³-hybridized carbons (Fsp3) is 0.176. The van der Waals surface area contributed by atoms with Crippen molar-refractivity contribution in [1.29, 1.82) is 0 Å². The van der Waals surface area contributed by atoms with Gasteiger partial charge in [-0.3, -0.25) is 14.2 Å². The zero-order valence-electron chi connectivity index (χ0n) is 24.6. The SMILES string of the molecule is COc1ccc(CCNC(=O)c2ccccc2NC(=O)CSc2nnc(-c3ccccc3Cl)n2-c2cc(C)ccc2C)cc1. The molecule has 1 heterocycles. The number of nitrogens with zero attached hydrogens (tertiary/aromatic N) is 3. The number of carbonyl (C=O) groups is 2. The minimum atomic E-state index is -0.275. The van der Waals surface area contributed by atoms with Gasteiger partial charge in [-0.25, -0.2) is 0 Å². The molecule has 2 N–H and O–H groups in total. The van der Waals surface area contributed by atoms with Crippen LogP contribution in [-0.2, 0) is 11.2 Å². The minimum Gasteiger partial charge on any atom is -0.497 e. The average Bonchev–Trinajstić information content (AvgIpc) is 3.45. The van der Waals surface area contributed by atoms with E-state index >= 15 is 0 Å². The lowest BCUT2D eigenvalue weighted by molar-refractivity contribution is -0.113. The van der Waals surface area contributed by atoms with Gasteiger partial charge < -0.3 is 15.4 Å². The molecule has 44 heavy (non-hydrogen) atoms. The predicted octanol–water partition coefficient (Wildman–Crippen LogP) is 6.92. The number of rotatable bonds is 11. The van der Waals surface area contributed by atoms with Crippen molar-refractivity contribution in [2.24, 2.45) is 0 Å². The summed E-state index contributed by atoms with van der Waals surface area (Å²) >= 11 is 7.80. The number of amides is 2. The zero-order valence-corrected chi connectivity index (χ0v) is 26.2. The van der Waals surface area contributed by atoms with Gasteiger partial charge in [0.2, 0.25) is 5.91 Å². The number of aromatic nitrogens is 3. The number of para-hydroxylation sites is 1. The number of nitrogens with one attached hydrogen (secondary N) is 2.